The number of aromatic hydroxyl groups is 1. The number of nitrogens with one attached hydrogen (secondary N) is 2. The van der Waals surface area contributed by atoms with Gasteiger partial charge in [-0.1, -0.05) is 36.4 Å². The molecule has 5 rings (SSSR count). The first kappa shape index (κ1) is 28.0. The van der Waals surface area contributed by atoms with E-state index in [2.05, 4.69) is 15.3 Å². The molecule has 1 aliphatic rings. The molecule has 41 heavy (non-hydrogen) atoms. The highest BCUT2D eigenvalue weighted by Gasteiger charge is 2.38. The molecule has 0 spiro atoms. The number of aromatic nitrogens is 2. The summed E-state index contributed by atoms with van der Waals surface area (Å²) < 4.78 is 0. The van der Waals surface area contributed by atoms with E-state index in [1.165, 1.54) is 4.90 Å². The van der Waals surface area contributed by atoms with Gasteiger partial charge in [-0.15, -0.1) is 0 Å². The lowest BCUT2D eigenvalue weighted by molar-refractivity contribution is -0.143. The van der Waals surface area contributed by atoms with E-state index in [1.807, 2.05) is 44.2 Å². The molecule has 0 saturated heterocycles. The van der Waals surface area contributed by atoms with Crippen molar-refractivity contribution in [1.82, 2.24) is 20.2 Å². The number of H-pyrrole nitrogens is 1. The summed E-state index contributed by atoms with van der Waals surface area (Å²) in [4.78, 5) is 49.3. The Balaban J connectivity index is 1.38. The van der Waals surface area contributed by atoms with Gasteiger partial charge in [-0.05, 0) is 72.4 Å². The van der Waals surface area contributed by atoms with Gasteiger partial charge in [0.05, 0.1) is 23.7 Å². The largest absolute Gasteiger partial charge is 0.508 e. The number of phenolic OH excluding ortho intramolecular Hbond substituents is 1. The SMILES string of the molecule is Cc1cc(O)cc(C)c1C[C@H](N)C(=O)N1Cc2ccccc2C[C@H]1C(=O)N[C@@H](CO)C(=O)c1nc2ccccc2[nH]1. The number of Topliss-reactive ketones (excluding diaryl/α,β-unsaturated/α-hetero) is 1. The Bertz CT molecular complexity index is 1570. The molecule has 10 nitrogen and oxygen atoms in total. The van der Waals surface area contributed by atoms with Crippen LogP contribution in [0.15, 0.2) is 60.7 Å². The van der Waals surface area contributed by atoms with E-state index in [-0.39, 0.29) is 31.0 Å². The molecule has 6 N–H and O–H groups in total. The maximum Gasteiger partial charge on any atom is 0.243 e. The third-order valence-electron chi connectivity index (χ3n) is 7.69. The van der Waals surface area contributed by atoms with Gasteiger partial charge in [0.15, 0.2) is 5.82 Å². The number of aryl methyl sites for hydroxylation is 2. The van der Waals surface area contributed by atoms with Gasteiger partial charge in [-0.25, -0.2) is 4.98 Å². The van der Waals surface area contributed by atoms with Crippen LogP contribution in [0.4, 0.5) is 0 Å². The first-order chi connectivity index (χ1) is 19.7. The Morgan fingerprint density at radius 2 is 1.73 bits per heavy atom. The van der Waals surface area contributed by atoms with Crippen LogP contribution in [0.25, 0.3) is 11.0 Å². The molecule has 1 aliphatic heterocycles. The van der Waals surface area contributed by atoms with Crippen molar-refractivity contribution >= 4 is 28.6 Å². The minimum atomic E-state index is -1.26. The van der Waals surface area contributed by atoms with Crippen molar-refractivity contribution in [3.05, 3.63) is 94.3 Å². The number of nitrogens with zero attached hydrogens (tertiary/aromatic N) is 2. The van der Waals surface area contributed by atoms with Crippen LogP contribution < -0.4 is 11.1 Å². The van der Waals surface area contributed by atoms with Gasteiger partial charge >= 0.3 is 0 Å². The van der Waals surface area contributed by atoms with Crippen molar-refractivity contribution in [2.24, 2.45) is 5.73 Å². The molecule has 3 aromatic carbocycles. The Hall–Kier alpha value is -4.54. The molecule has 0 bridgehead atoms. The highest BCUT2D eigenvalue weighted by Crippen LogP contribution is 2.26. The second-order valence-electron chi connectivity index (χ2n) is 10.5. The first-order valence-corrected chi connectivity index (χ1v) is 13.5. The van der Waals surface area contributed by atoms with E-state index in [0.29, 0.717) is 11.0 Å². The summed E-state index contributed by atoms with van der Waals surface area (Å²) in [6, 6.07) is 14.8. The van der Waals surface area contributed by atoms with Gasteiger partial charge in [-0.3, -0.25) is 14.4 Å². The molecule has 1 aromatic heterocycles. The maximum absolute atomic E-state index is 13.8. The molecule has 10 heteroatoms. The number of carbonyl (C=O) groups excluding carboxylic acids is 3. The predicted molar refractivity (Wildman–Crippen MR) is 153 cm³/mol. The Labute approximate surface area is 237 Å². The fourth-order valence-corrected chi connectivity index (χ4v) is 5.50. The summed E-state index contributed by atoms with van der Waals surface area (Å²) in [5.41, 5.74) is 12.0. The normalized spacial score (nSPS) is 16.2. The molecular formula is C31H33N5O5. The number of aliphatic hydroxyl groups excluding tert-OH is 1. The molecular weight excluding hydrogens is 522 g/mol. The average molecular weight is 556 g/mol. The lowest BCUT2D eigenvalue weighted by Crippen LogP contribution is -2.59. The number of fused-ring (bicyclic) bond motifs is 2. The number of carbonyl (C=O) groups is 3. The zero-order chi connectivity index (χ0) is 29.3. The molecule has 212 valence electrons. The van der Waals surface area contributed by atoms with Gasteiger partial charge in [0.25, 0.3) is 0 Å². The molecule has 0 unspecified atom stereocenters. The van der Waals surface area contributed by atoms with E-state index in [4.69, 9.17) is 5.73 Å². The van der Waals surface area contributed by atoms with E-state index >= 15 is 0 Å². The number of benzene rings is 3. The molecule has 2 heterocycles. The number of ketones is 1. The summed E-state index contributed by atoms with van der Waals surface area (Å²) in [6.45, 7) is 3.23. The molecule has 4 aromatic rings. The summed E-state index contributed by atoms with van der Waals surface area (Å²) in [5.74, 6) is -1.38. The molecule has 3 atom stereocenters. The minimum absolute atomic E-state index is 0.0223. The summed E-state index contributed by atoms with van der Waals surface area (Å²) in [5, 5.41) is 22.6. The summed E-state index contributed by atoms with van der Waals surface area (Å²) in [7, 11) is 0. The van der Waals surface area contributed by atoms with Crippen LogP contribution >= 0.6 is 0 Å². The van der Waals surface area contributed by atoms with Gasteiger partial charge < -0.3 is 31.1 Å². The van der Waals surface area contributed by atoms with Crippen molar-refractivity contribution in [3.63, 3.8) is 0 Å². The second kappa shape index (κ2) is 11.5. The van der Waals surface area contributed by atoms with Crippen molar-refractivity contribution in [1.29, 1.82) is 0 Å². The zero-order valence-electron chi connectivity index (χ0n) is 22.9. The standard InChI is InChI=1S/C31H33N5O5/c1-17-11-21(38)12-18(2)22(17)14-23(32)31(41)36-15-20-8-4-3-7-19(20)13-27(36)30(40)35-26(16-37)28(39)29-33-24-9-5-6-10-25(24)34-29/h3-12,23,26-27,37-38H,13-16,32H2,1-2H3,(H,33,34)(H,35,40)/t23-,26-,27-/m0/s1. The Kier molecular flexibility index (Phi) is 7.87. The number of para-hydroxylation sites is 2. The fourth-order valence-electron chi connectivity index (χ4n) is 5.50. The minimum Gasteiger partial charge on any atom is -0.508 e. The van der Waals surface area contributed by atoms with Crippen LogP contribution in [0.2, 0.25) is 0 Å². The highest BCUT2D eigenvalue weighted by atomic mass is 16.3. The van der Waals surface area contributed by atoms with Crippen molar-refractivity contribution in [2.45, 2.75) is 51.4 Å². The summed E-state index contributed by atoms with van der Waals surface area (Å²) >= 11 is 0. The lowest BCUT2D eigenvalue weighted by atomic mass is 9.91. The molecule has 0 fully saturated rings. The first-order valence-electron chi connectivity index (χ1n) is 13.5. The number of aromatic amines is 1. The van der Waals surface area contributed by atoms with E-state index < -0.39 is 42.3 Å². The van der Waals surface area contributed by atoms with Crippen LogP contribution in [0.5, 0.6) is 5.75 Å². The fraction of sp³-hybridized carbons (Fsp3) is 0.290. The number of amides is 2. The molecule has 0 aliphatic carbocycles. The number of nitrogens with two attached hydrogens (primary N) is 1. The third-order valence-corrected chi connectivity index (χ3v) is 7.69. The lowest BCUT2D eigenvalue weighted by Gasteiger charge is -2.38. The maximum atomic E-state index is 13.8. The topological polar surface area (TPSA) is 162 Å². The predicted octanol–water partition coefficient (Wildman–Crippen LogP) is 2.07. The Morgan fingerprint density at radius 1 is 1.07 bits per heavy atom. The average Bonchev–Trinajstić information content (AvgIpc) is 3.40. The highest BCUT2D eigenvalue weighted by molar-refractivity contribution is 6.02. The third kappa shape index (κ3) is 5.70. The van der Waals surface area contributed by atoms with Crippen molar-refractivity contribution in [2.75, 3.05) is 6.61 Å². The van der Waals surface area contributed by atoms with E-state index in [1.54, 1.807) is 30.3 Å². The van der Waals surface area contributed by atoms with Crippen LogP contribution in [0.1, 0.15) is 38.4 Å². The van der Waals surface area contributed by atoms with Crippen LogP contribution in [0, 0.1) is 13.8 Å². The van der Waals surface area contributed by atoms with Gasteiger partial charge in [-0.2, -0.15) is 0 Å². The monoisotopic (exact) mass is 555 g/mol. The quantitative estimate of drug-likeness (QED) is 0.208. The van der Waals surface area contributed by atoms with Crippen LogP contribution in [0.3, 0.4) is 0 Å². The number of hydrogen-bond donors (Lipinski definition) is 5. The van der Waals surface area contributed by atoms with E-state index in [0.717, 1.165) is 27.8 Å². The zero-order valence-corrected chi connectivity index (χ0v) is 22.9. The van der Waals surface area contributed by atoms with Crippen LogP contribution in [-0.4, -0.2) is 67.4 Å². The van der Waals surface area contributed by atoms with Gasteiger partial charge in [0.2, 0.25) is 17.6 Å². The Morgan fingerprint density at radius 3 is 2.41 bits per heavy atom. The smallest absolute Gasteiger partial charge is 0.243 e. The second-order valence-corrected chi connectivity index (χ2v) is 10.5. The van der Waals surface area contributed by atoms with Gasteiger partial charge in [0.1, 0.15) is 17.8 Å². The van der Waals surface area contributed by atoms with Crippen molar-refractivity contribution < 1.29 is 24.6 Å². The molecule has 0 radical (unpaired) electrons. The number of hydrogen-bond acceptors (Lipinski definition) is 7. The van der Waals surface area contributed by atoms with Crippen molar-refractivity contribution in [3.8, 4) is 5.75 Å². The molecule has 2 amide bonds. The number of phenols is 1. The number of rotatable bonds is 8. The molecule has 0 saturated carbocycles. The van der Waals surface area contributed by atoms with Crippen LogP contribution in [-0.2, 0) is 29.0 Å². The summed E-state index contributed by atoms with van der Waals surface area (Å²) in [6.07, 6.45) is 0.460. The number of imidazole rings is 1. The van der Waals surface area contributed by atoms with E-state index in [9.17, 15) is 24.6 Å². The number of aliphatic hydroxyl groups is 1. The van der Waals surface area contributed by atoms with Gasteiger partial charge in [0, 0.05) is 13.0 Å².